The van der Waals surface area contributed by atoms with Crippen LogP contribution in [0.5, 0.6) is 0 Å². The third-order valence-corrected chi connectivity index (χ3v) is 3.77. The molecule has 136 valence electrons. The summed E-state index contributed by atoms with van der Waals surface area (Å²) in [5.74, 6) is -0.205. The second kappa shape index (κ2) is 14.0. The molecule has 0 spiro atoms. The smallest absolute Gasteiger partial charge is 0.338 e. The minimum atomic E-state index is -0.205. The molecule has 1 aliphatic heterocycles. The van der Waals surface area contributed by atoms with Crippen molar-refractivity contribution in [1.29, 1.82) is 0 Å². The van der Waals surface area contributed by atoms with E-state index in [-0.39, 0.29) is 5.97 Å². The van der Waals surface area contributed by atoms with Crippen molar-refractivity contribution >= 4 is 5.97 Å². The molecule has 1 fully saturated rings. The molecule has 1 saturated heterocycles. The largest absolute Gasteiger partial charge is 0.462 e. The van der Waals surface area contributed by atoms with Crippen molar-refractivity contribution in [1.82, 2.24) is 16.0 Å². The molecule has 0 aliphatic carbocycles. The average molecular weight is 335 g/mol. The summed E-state index contributed by atoms with van der Waals surface area (Å²) in [6, 6.07) is 7.50. The van der Waals surface area contributed by atoms with Gasteiger partial charge in [0.1, 0.15) is 0 Å². The third kappa shape index (κ3) is 10.4. The molecule has 0 atom stereocenters. The van der Waals surface area contributed by atoms with Gasteiger partial charge in [0, 0.05) is 20.0 Å². The lowest BCUT2D eigenvalue weighted by molar-refractivity contribution is 0.0497. The molecule has 0 saturated carbocycles. The zero-order chi connectivity index (χ0) is 17.5. The number of hydrogen-bond donors (Lipinski definition) is 3. The number of benzene rings is 1. The summed E-state index contributed by atoms with van der Waals surface area (Å²) in [5, 5.41) is 9.19. The van der Waals surface area contributed by atoms with Crippen molar-refractivity contribution < 1.29 is 9.53 Å². The molecule has 0 bridgehead atoms. The van der Waals surface area contributed by atoms with Gasteiger partial charge in [0.15, 0.2) is 0 Å². The van der Waals surface area contributed by atoms with Gasteiger partial charge in [0.2, 0.25) is 0 Å². The first-order valence-electron chi connectivity index (χ1n) is 9.10. The van der Waals surface area contributed by atoms with Gasteiger partial charge in [0.05, 0.1) is 12.2 Å². The minimum Gasteiger partial charge on any atom is -0.462 e. The molecule has 0 amide bonds. The SMILES string of the molecule is C1NCNCN1.CCCCCCCCOC(=O)c1ccc(C)cc1. The highest BCUT2D eigenvalue weighted by molar-refractivity contribution is 5.89. The standard InChI is InChI=1S/C16H24O2.C3H9N3/c1-3-4-5-6-7-8-13-18-16(17)15-11-9-14(2)10-12-15;1-4-2-6-3-5-1/h9-12H,3-8,13H2,1-2H3;4-6H,1-3H2. The Kier molecular flexibility index (Phi) is 12.0. The maximum Gasteiger partial charge on any atom is 0.338 e. The fraction of sp³-hybridized carbons (Fsp3) is 0.632. The van der Waals surface area contributed by atoms with Crippen LogP contribution in [-0.2, 0) is 4.74 Å². The Bertz CT molecular complexity index is 419. The molecule has 24 heavy (non-hydrogen) atoms. The van der Waals surface area contributed by atoms with Crippen LogP contribution < -0.4 is 16.0 Å². The van der Waals surface area contributed by atoms with E-state index >= 15 is 0 Å². The van der Waals surface area contributed by atoms with Gasteiger partial charge in [-0.2, -0.15) is 0 Å². The number of carbonyl (C=O) groups excluding carboxylic acids is 1. The van der Waals surface area contributed by atoms with E-state index in [9.17, 15) is 4.79 Å². The Morgan fingerprint density at radius 2 is 1.46 bits per heavy atom. The summed E-state index contributed by atoms with van der Waals surface area (Å²) < 4.78 is 5.24. The van der Waals surface area contributed by atoms with Crippen LogP contribution >= 0.6 is 0 Å². The predicted octanol–water partition coefficient (Wildman–Crippen LogP) is 3.15. The summed E-state index contributed by atoms with van der Waals surface area (Å²) in [7, 11) is 0. The minimum absolute atomic E-state index is 0.205. The lowest BCUT2D eigenvalue weighted by Gasteiger charge is -2.13. The van der Waals surface area contributed by atoms with Crippen LogP contribution in [0.15, 0.2) is 24.3 Å². The van der Waals surface area contributed by atoms with Crippen LogP contribution in [0.2, 0.25) is 0 Å². The molecule has 1 aliphatic rings. The fourth-order valence-electron chi connectivity index (χ4n) is 2.27. The van der Waals surface area contributed by atoms with Crippen LogP contribution in [0, 0.1) is 6.92 Å². The lowest BCUT2D eigenvalue weighted by Crippen LogP contribution is -2.47. The maximum atomic E-state index is 11.7. The number of esters is 1. The van der Waals surface area contributed by atoms with Gasteiger partial charge in [-0.15, -0.1) is 0 Å². The normalized spacial score (nSPS) is 13.8. The average Bonchev–Trinajstić information content (AvgIpc) is 2.63. The van der Waals surface area contributed by atoms with E-state index in [1.807, 2.05) is 31.2 Å². The third-order valence-electron chi connectivity index (χ3n) is 3.77. The molecule has 1 aromatic carbocycles. The van der Waals surface area contributed by atoms with Crippen LogP contribution in [0.4, 0.5) is 0 Å². The Hall–Kier alpha value is -1.43. The quantitative estimate of drug-likeness (QED) is 0.503. The summed E-state index contributed by atoms with van der Waals surface area (Å²) >= 11 is 0. The monoisotopic (exact) mass is 335 g/mol. The van der Waals surface area contributed by atoms with Gasteiger partial charge >= 0.3 is 5.97 Å². The fourth-order valence-corrected chi connectivity index (χ4v) is 2.27. The molecule has 0 aromatic heterocycles. The van der Waals surface area contributed by atoms with E-state index in [0.29, 0.717) is 12.2 Å². The van der Waals surface area contributed by atoms with Crippen molar-refractivity contribution in [3.05, 3.63) is 35.4 Å². The summed E-state index contributed by atoms with van der Waals surface area (Å²) in [6.45, 7) is 7.57. The summed E-state index contributed by atoms with van der Waals surface area (Å²) in [4.78, 5) is 11.7. The summed E-state index contributed by atoms with van der Waals surface area (Å²) in [5.41, 5.74) is 1.80. The lowest BCUT2D eigenvalue weighted by atomic mass is 10.1. The second-order valence-electron chi connectivity index (χ2n) is 6.05. The molecule has 0 unspecified atom stereocenters. The first kappa shape index (κ1) is 20.6. The zero-order valence-electron chi connectivity index (χ0n) is 15.2. The van der Waals surface area contributed by atoms with Gasteiger partial charge in [-0.1, -0.05) is 56.7 Å². The number of aryl methyl sites for hydroxylation is 1. The highest BCUT2D eigenvalue weighted by Crippen LogP contribution is 2.07. The summed E-state index contributed by atoms with van der Waals surface area (Å²) in [6.07, 6.45) is 7.24. The van der Waals surface area contributed by atoms with Gasteiger partial charge in [0.25, 0.3) is 0 Å². The van der Waals surface area contributed by atoms with Crippen LogP contribution in [0.1, 0.15) is 61.4 Å². The first-order chi connectivity index (χ1) is 11.7. The highest BCUT2D eigenvalue weighted by Gasteiger charge is 2.05. The maximum absolute atomic E-state index is 11.7. The highest BCUT2D eigenvalue weighted by atomic mass is 16.5. The zero-order valence-corrected chi connectivity index (χ0v) is 15.2. The van der Waals surface area contributed by atoms with Gasteiger partial charge in [-0.05, 0) is 25.5 Å². The Morgan fingerprint density at radius 1 is 0.917 bits per heavy atom. The van der Waals surface area contributed by atoms with Crippen molar-refractivity contribution in [2.24, 2.45) is 0 Å². The Balaban J connectivity index is 0.000000400. The molecule has 1 heterocycles. The Morgan fingerprint density at radius 3 is 2.00 bits per heavy atom. The number of carbonyl (C=O) groups is 1. The molecule has 5 nitrogen and oxygen atoms in total. The van der Waals surface area contributed by atoms with Crippen LogP contribution in [0.3, 0.4) is 0 Å². The van der Waals surface area contributed by atoms with E-state index in [0.717, 1.165) is 38.4 Å². The van der Waals surface area contributed by atoms with Crippen LogP contribution in [0.25, 0.3) is 0 Å². The molecule has 5 heteroatoms. The van der Waals surface area contributed by atoms with Crippen molar-refractivity contribution in [2.45, 2.75) is 52.4 Å². The number of nitrogens with one attached hydrogen (secondary N) is 3. The van der Waals surface area contributed by atoms with Crippen LogP contribution in [-0.4, -0.2) is 32.6 Å². The first-order valence-corrected chi connectivity index (χ1v) is 9.10. The molecule has 3 N–H and O–H groups in total. The Labute approximate surface area is 146 Å². The molecule has 1 aromatic rings. The number of hydrogen-bond acceptors (Lipinski definition) is 5. The van der Waals surface area contributed by atoms with E-state index < -0.39 is 0 Å². The number of ether oxygens (including phenoxy) is 1. The van der Waals surface area contributed by atoms with Gasteiger partial charge in [-0.25, -0.2) is 4.79 Å². The molecule has 2 rings (SSSR count). The van der Waals surface area contributed by atoms with Crippen molar-refractivity contribution in [3.8, 4) is 0 Å². The number of unbranched alkanes of at least 4 members (excludes halogenated alkanes) is 5. The molecular formula is C19H33N3O2. The van der Waals surface area contributed by atoms with Gasteiger partial charge in [-0.3, -0.25) is 16.0 Å². The van der Waals surface area contributed by atoms with E-state index in [2.05, 4.69) is 22.9 Å². The van der Waals surface area contributed by atoms with E-state index in [1.165, 1.54) is 25.7 Å². The second-order valence-corrected chi connectivity index (χ2v) is 6.05. The molecule has 0 radical (unpaired) electrons. The van der Waals surface area contributed by atoms with E-state index in [4.69, 9.17) is 4.74 Å². The van der Waals surface area contributed by atoms with E-state index in [1.54, 1.807) is 0 Å². The molecular weight excluding hydrogens is 302 g/mol. The topological polar surface area (TPSA) is 62.4 Å². The number of rotatable bonds is 8. The van der Waals surface area contributed by atoms with Crippen molar-refractivity contribution in [2.75, 3.05) is 26.6 Å². The van der Waals surface area contributed by atoms with Crippen molar-refractivity contribution in [3.63, 3.8) is 0 Å². The van der Waals surface area contributed by atoms with Gasteiger partial charge < -0.3 is 4.74 Å². The predicted molar refractivity (Wildman–Crippen MR) is 98.8 cm³/mol.